The minimum absolute atomic E-state index is 0.00447. The van der Waals surface area contributed by atoms with Crippen LogP contribution in [-0.4, -0.2) is 65.1 Å². The Balaban J connectivity index is 1.60. The number of aromatic nitrogens is 2. The molecule has 0 radical (unpaired) electrons. The maximum absolute atomic E-state index is 13.3. The second-order valence-electron chi connectivity index (χ2n) is 8.23. The molecule has 0 saturated carbocycles. The number of rotatable bonds is 6. The van der Waals surface area contributed by atoms with Crippen molar-refractivity contribution in [1.82, 2.24) is 19.8 Å². The summed E-state index contributed by atoms with van der Waals surface area (Å²) in [5.41, 5.74) is 3.42. The number of amides is 1. The van der Waals surface area contributed by atoms with Crippen LogP contribution in [0.1, 0.15) is 11.1 Å². The van der Waals surface area contributed by atoms with Gasteiger partial charge < -0.3 is 9.64 Å². The molecule has 31 heavy (non-hydrogen) atoms. The normalized spacial score (nSPS) is 19.2. The number of carbonyl (C=O) groups is 1. The van der Waals surface area contributed by atoms with Crippen molar-refractivity contribution in [2.45, 2.75) is 18.6 Å². The van der Waals surface area contributed by atoms with E-state index in [1.54, 1.807) is 31.4 Å². The number of ether oxygens (including phenoxy) is 1. The van der Waals surface area contributed by atoms with Gasteiger partial charge in [0.2, 0.25) is 0 Å². The van der Waals surface area contributed by atoms with Gasteiger partial charge in [-0.3, -0.25) is 19.7 Å². The highest BCUT2D eigenvalue weighted by Crippen LogP contribution is 2.28. The lowest BCUT2D eigenvalue weighted by Gasteiger charge is -2.43. The molecule has 6 heteroatoms. The standard InChI is InChI=1S/C25H28N4O2/c1-28(2)24(30)25(19-29(12-13-31-25)18-21-7-4-10-26-16-21)15-20-6-3-8-22(14-20)23-9-5-11-27-17-23/h3-11,14,16-17H,12-13,15,18-19H2,1-2H3/t25-/m0/s1. The maximum atomic E-state index is 13.3. The molecule has 0 bridgehead atoms. The molecule has 0 N–H and O–H groups in total. The van der Waals surface area contributed by atoms with Crippen LogP contribution >= 0.6 is 0 Å². The summed E-state index contributed by atoms with van der Waals surface area (Å²) in [4.78, 5) is 25.7. The third-order valence-electron chi connectivity index (χ3n) is 5.60. The first-order valence-corrected chi connectivity index (χ1v) is 10.5. The fourth-order valence-electron chi connectivity index (χ4n) is 4.18. The van der Waals surface area contributed by atoms with Crippen LogP contribution in [0.25, 0.3) is 11.1 Å². The zero-order chi connectivity index (χ0) is 21.7. The Labute approximate surface area is 183 Å². The van der Waals surface area contributed by atoms with Crippen molar-refractivity contribution in [3.05, 3.63) is 84.4 Å². The first kappa shape index (κ1) is 21.2. The van der Waals surface area contributed by atoms with Gasteiger partial charge in [0.15, 0.2) is 5.60 Å². The van der Waals surface area contributed by atoms with E-state index >= 15 is 0 Å². The van der Waals surface area contributed by atoms with Gasteiger partial charge in [0.1, 0.15) is 0 Å². The van der Waals surface area contributed by atoms with Gasteiger partial charge >= 0.3 is 0 Å². The predicted octanol–water partition coefficient (Wildman–Crippen LogP) is 3.05. The lowest BCUT2D eigenvalue weighted by Crippen LogP contribution is -2.60. The zero-order valence-electron chi connectivity index (χ0n) is 18.1. The quantitative estimate of drug-likeness (QED) is 0.618. The van der Waals surface area contributed by atoms with Crippen molar-refractivity contribution in [3.63, 3.8) is 0 Å². The molecule has 3 heterocycles. The van der Waals surface area contributed by atoms with E-state index in [2.05, 4.69) is 39.1 Å². The Morgan fingerprint density at radius 2 is 1.77 bits per heavy atom. The summed E-state index contributed by atoms with van der Waals surface area (Å²) in [6.07, 6.45) is 7.79. The van der Waals surface area contributed by atoms with Crippen molar-refractivity contribution in [2.75, 3.05) is 33.8 Å². The first-order valence-electron chi connectivity index (χ1n) is 10.5. The van der Waals surface area contributed by atoms with Crippen molar-refractivity contribution >= 4 is 5.91 Å². The molecule has 1 atom stereocenters. The summed E-state index contributed by atoms with van der Waals surface area (Å²) in [7, 11) is 3.58. The molecule has 6 nitrogen and oxygen atoms in total. The smallest absolute Gasteiger partial charge is 0.255 e. The minimum Gasteiger partial charge on any atom is -0.362 e. The number of nitrogens with zero attached hydrogens (tertiary/aromatic N) is 4. The van der Waals surface area contributed by atoms with Gasteiger partial charge in [-0.25, -0.2) is 0 Å². The van der Waals surface area contributed by atoms with E-state index in [1.165, 1.54) is 0 Å². The number of morpholine rings is 1. The lowest BCUT2D eigenvalue weighted by atomic mass is 9.89. The third-order valence-corrected chi connectivity index (χ3v) is 5.60. The summed E-state index contributed by atoms with van der Waals surface area (Å²) >= 11 is 0. The second-order valence-corrected chi connectivity index (χ2v) is 8.23. The molecule has 160 valence electrons. The number of hydrogen-bond donors (Lipinski definition) is 0. The molecule has 0 unspecified atom stereocenters. The monoisotopic (exact) mass is 416 g/mol. The predicted molar refractivity (Wildman–Crippen MR) is 120 cm³/mol. The molecule has 0 aliphatic carbocycles. The molecule has 1 aliphatic rings. The van der Waals surface area contributed by atoms with E-state index < -0.39 is 5.60 Å². The topological polar surface area (TPSA) is 58.6 Å². The van der Waals surface area contributed by atoms with Crippen molar-refractivity contribution < 1.29 is 9.53 Å². The fourth-order valence-corrected chi connectivity index (χ4v) is 4.18. The highest BCUT2D eigenvalue weighted by atomic mass is 16.5. The van der Waals surface area contributed by atoms with E-state index in [0.717, 1.165) is 35.3 Å². The van der Waals surface area contributed by atoms with Gasteiger partial charge in [0.05, 0.1) is 6.61 Å². The minimum atomic E-state index is -0.919. The Kier molecular flexibility index (Phi) is 6.39. The average molecular weight is 417 g/mol. The summed E-state index contributed by atoms with van der Waals surface area (Å²) < 4.78 is 6.25. The van der Waals surface area contributed by atoms with Crippen LogP contribution in [-0.2, 0) is 22.5 Å². The van der Waals surface area contributed by atoms with Gasteiger partial charge in [-0.15, -0.1) is 0 Å². The number of benzene rings is 1. The van der Waals surface area contributed by atoms with Crippen LogP contribution < -0.4 is 0 Å². The van der Waals surface area contributed by atoms with Crippen molar-refractivity contribution in [2.24, 2.45) is 0 Å². The summed E-state index contributed by atoms with van der Waals surface area (Å²) in [5.74, 6) is -0.00447. The summed E-state index contributed by atoms with van der Waals surface area (Å²) in [5, 5.41) is 0. The van der Waals surface area contributed by atoms with Gasteiger partial charge in [0, 0.05) is 64.9 Å². The van der Waals surface area contributed by atoms with E-state index in [4.69, 9.17) is 4.74 Å². The molecule has 1 fully saturated rings. The van der Waals surface area contributed by atoms with Crippen LogP contribution in [0.4, 0.5) is 0 Å². The highest BCUT2D eigenvalue weighted by molar-refractivity contribution is 5.86. The van der Waals surface area contributed by atoms with E-state index in [0.29, 0.717) is 19.6 Å². The molecule has 1 aromatic carbocycles. The Bertz CT molecular complexity index is 1010. The molecule has 3 aromatic rings. The lowest BCUT2D eigenvalue weighted by molar-refractivity contribution is -0.169. The third kappa shape index (κ3) is 4.98. The SMILES string of the molecule is CN(C)C(=O)[C@]1(Cc2cccc(-c3cccnc3)c2)CN(Cc2cccnc2)CCO1. The number of carbonyl (C=O) groups excluding carboxylic acids is 1. The van der Waals surface area contributed by atoms with Gasteiger partial charge in [-0.05, 0) is 34.4 Å². The second kappa shape index (κ2) is 9.37. The van der Waals surface area contributed by atoms with Gasteiger partial charge in [0.25, 0.3) is 5.91 Å². The maximum Gasteiger partial charge on any atom is 0.255 e. The number of likely N-dealkylation sites (N-methyl/N-ethyl adjacent to an activating group) is 1. The zero-order valence-corrected chi connectivity index (χ0v) is 18.1. The summed E-state index contributed by atoms with van der Waals surface area (Å²) in [6.45, 7) is 2.58. The Hall–Kier alpha value is -3.09. The molecule has 1 amide bonds. The van der Waals surface area contributed by atoms with E-state index in [1.807, 2.05) is 36.7 Å². The van der Waals surface area contributed by atoms with E-state index in [9.17, 15) is 4.79 Å². The Morgan fingerprint density at radius 1 is 1.03 bits per heavy atom. The number of hydrogen-bond acceptors (Lipinski definition) is 5. The largest absolute Gasteiger partial charge is 0.362 e. The van der Waals surface area contributed by atoms with Gasteiger partial charge in [-0.2, -0.15) is 0 Å². The number of pyridine rings is 2. The molecule has 0 spiro atoms. The van der Waals surface area contributed by atoms with Crippen LogP contribution in [0.3, 0.4) is 0 Å². The molecule has 1 saturated heterocycles. The van der Waals surface area contributed by atoms with Gasteiger partial charge in [-0.1, -0.05) is 36.4 Å². The van der Waals surface area contributed by atoms with Crippen LogP contribution in [0.5, 0.6) is 0 Å². The first-order chi connectivity index (χ1) is 15.1. The van der Waals surface area contributed by atoms with Crippen LogP contribution in [0.2, 0.25) is 0 Å². The average Bonchev–Trinajstić information content (AvgIpc) is 2.80. The molecular formula is C25H28N4O2. The molecule has 2 aromatic heterocycles. The van der Waals surface area contributed by atoms with E-state index in [-0.39, 0.29) is 5.91 Å². The molecule has 4 rings (SSSR count). The molecular weight excluding hydrogens is 388 g/mol. The van der Waals surface area contributed by atoms with Crippen molar-refractivity contribution in [3.8, 4) is 11.1 Å². The van der Waals surface area contributed by atoms with Crippen LogP contribution in [0.15, 0.2) is 73.3 Å². The summed E-state index contributed by atoms with van der Waals surface area (Å²) in [6, 6.07) is 16.3. The highest BCUT2D eigenvalue weighted by Gasteiger charge is 2.44. The molecule has 1 aliphatic heterocycles. The van der Waals surface area contributed by atoms with Crippen LogP contribution in [0, 0.1) is 0 Å². The fraction of sp³-hybridized carbons (Fsp3) is 0.320. The van der Waals surface area contributed by atoms with Crippen molar-refractivity contribution in [1.29, 1.82) is 0 Å². The Morgan fingerprint density at radius 3 is 2.48 bits per heavy atom.